The average Bonchev–Trinajstić information content (AvgIpc) is 3.07. The van der Waals surface area contributed by atoms with Gasteiger partial charge in [0, 0.05) is 30.1 Å². The van der Waals surface area contributed by atoms with Gasteiger partial charge in [0.05, 0.1) is 5.56 Å². The molecule has 1 unspecified atom stereocenters. The van der Waals surface area contributed by atoms with Crippen LogP contribution in [0.5, 0.6) is 0 Å². The van der Waals surface area contributed by atoms with Crippen molar-refractivity contribution < 1.29 is 9.59 Å². The van der Waals surface area contributed by atoms with E-state index in [-0.39, 0.29) is 17.6 Å². The Morgan fingerprint density at radius 1 is 1.52 bits per heavy atom. The van der Waals surface area contributed by atoms with Crippen LogP contribution in [0.1, 0.15) is 35.8 Å². The highest BCUT2D eigenvalue weighted by Crippen LogP contribution is 2.39. The number of nitriles is 1. The molecule has 2 amide bonds. The molecule has 1 aliphatic carbocycles. The molecule has 1 fully saturated rings. The monoisotopic (exact) mass is 349 g/mol. The summed E-state index contributed by atoms with van der Waals surface area (Å²) in [5.41, 5.74) is 1.76. The van der Waals surface area contributed by atoms with E-state index in [1.54, 1.807) is 4.90 Å². The molecule has 1 aromatic heterocycles. The zero-order chi connectivity index (χ0) is 16.4. The number of thiophene rings is 1. The van der Waals surface area contributed by atoms with E-state index in [0.717, 1.165) is 30.6 Å². The maximum Gasteiger partial charge on any atom is 0.281 e. The summed E-state index contributed by atoms with van der Waals surface area (Å²) in [4.78, 5) is 26.6. The lowest BCUT2D eigenvalue weighted by Gasteiger charge is -2.17. The molecule has 3 rings (SSSR count). The number of carbonyl (C=O) groups is 2. The maximum absolute atomic E-state index is 12.2. The molecule has 122 valence electrons. The summed E-state index contributed by atoms with van der Waals surface area (Å²) in [5, 5.41) is 13.0. The SMILES string of the molecule is CC1CCc2c(sc(NC(=O)CCN3CCSC3=O)c2C#N)C1. The Bertz CT molecular complexity index is 678. The molecule has 0 saturated carbocycles. The minimum Gasteiger partial charge on any atom is -0.332 e. The van der Waals surface area contributed by atoms with Crippen molar-refractivity contribution in [3.63, 3.8) is 0 Å². The Morgan fingerprint density at radius 2 is 2.35 bits per heavy atom. The molecule has 1 saturated heterocycles. The largest absolute Gasteiger partial charge is 0.332 e. The molecule has 5 nitrogen and oxygen atoms in total. The number of thioether (sulfide) groups is 1. The normalized spacial score (nSPS) is 20.3. The number of rotatable bonds is 4. The smallest absolute Gasteiger partial charge is 0.281 e. The molecule has 0 aromatic carbocycles. The molecule has 7 heteroatoms. The fourth-order valence-electron chi connectivity index (χ4n) is 3.01. The summed E-state index contributed by atoms with van der Waals surface area (Å²) in [6, 6.07) is 2.26. The van der Waals surface area contributed by atoms with Gasteiger partial charge in [-0.15, -0.1) is 11.3 Å². The van der Waals surface area contributed by atoms with Crippen molar-refractivity contribution >= 4 is 39.2 Å². The molecule has 2 heterocycles. The van der Waals surface area contributed by atoms with E-state index in [4.69, 9.17) is 0 Å². The van der Waals surface area contributed by atoms with Gasteiger partial charge in [0.2, 0.25) is 5.91 Å². The zero-order valence-corrected chi connectivity index (χ0v) is 14.7. The van der Waals surface area contributed by atoms with Crippen molar-refractivity contribution in [2.24, 2.45) is 5.92 Å². The maximum atomic E-state index is 12.2. The second-order valence-electron chi connectivity index (χ2n) is 6.07. The summed E-state index contributed by atoms with van der Waals surface area (Å²) >= 11 is 2.84. The number of carbonyl (C=O) groups excluding carboxylic acids is 2. The van der Waals surface area contributed by atoms with Crippen molar-refractivity contribution in [3.05, 3.63) is 16.0 Å². The number of hydrogen-bond donors (Lipinski definition) is 1. The van der Waals surface area contributed by atoms with Crippen LogP contribution in [0.2, 0.25) is 0 Å². The first kappa shape index (κ1) is 16.3. The van der Waals surface area contributed by atoms with Crippen LogP contribution < -0.4 is 5.32 Å². The molecule has 0 radical (unpaired) electrons. The minimum absolute atomic E-state index is 0.0519. The van der Waals surface area contributed by atoms with Crippen LogP contribution in [-0.2, 0) is 17.6 Å². The van der Waals surface area contributed by atoms with Crippen LogP contribution in [0, 0.1) is 17.2 Å². The predicted molar refractivity (Wildman–Crippen MR) is 92.9 cm³/mol. The van der Waals surface area contributed by atoms with Crippen LogP contribution in [0.3, 0.4) is 0 Å². The van der Waals surface area contributed by atoms with Crippen LogP contribution in [0.25, 0.3) is 0 Å². The molecule has 1 aliphatic heterocycles. The van der Waals surface area contributed by atoms with Gasteiger partial charge in [-0.3, -0.25) is 9.59 Å². The molecule has 1 aromatic rings. The van der Waals surface area contributed by atoms with E-state index in [2.05, 4.69) is 18.3 Å². The van der Waals surface area contributed by atoms with Crippen LogP contribution in [-0.4, -0.2) is 34.9 Å². The van der Waals surface area contributed by atoms with Gasteiger partial charge < -0.3 is 10.2 Å². The van der Waals surface area contributed by atoms with Crippen LogP contribution in [0.4, 0.5) is 9.80 Å². The average molecular weight is 349 g/mol. The van der Waals surface area contributed by atoms with Gasteiger partial charge in [0.1, 0.15) is 11.1 Å². The van der Waals surface area contributed by atoms with E-state index < -0.39 is 0 Å². The number of amides is 2. The van der Waals surface area contributed by atoms with E-state index in [1.807, 2.05) is 0 Å². The van der Waals surface area contributed by atoms with Gasteiger partial charge in [-0.1, -0.05) is 18.7 Å². The first-order valence-corrected chi connectivity index (χ1v) is 9.65. The van der Waals surface area contributed by atoms with Crippen molar-refractivity contribution in [1.82, 2.24) is 4.90 Å². The number of hydrogen-bond acceptors (Lipinski definition) is 5. The first-order chi connectivity index (χ1) is 11.1. The molecule has 0 bridgehead atoms. The Hall–Kier alpha value is -1.52. The third-order valence-corrected chi connectivity index (χ3v) is 6.39. The zero-order valence-electron chi connectivity index (χ0n) is 13.1. The lowest BCUT2D eigenvalue weighted by Crippen LogP contribution is -2.27. The van der Waals surface area contributed by atoms with Gasteiger partial charge in [0.15, 0.2) is 0 Å². The number of nitrogens with one attached hydrogen (secondary N) is 1. The number of nitrogens with zero attached hydrogens (tertiary/aromatic N) is 2. The molecule has 1 atom stereocenters. The van der Waals surface area contributed by atoms with Crippen molar-refractivity contribution in [2.45, 2.75) is 32.6 Å². The Morgan fingerprint density at radius 3 is 3.04 bits per heavy atom. The quantitative estimate of drug-likeness (QED) is 0.905. The van der Waals surface area contributed by atoms with E-state index in [1.165, 1.54) is 28.0 Å². The van der Waals surface area contributed by atoms with Gasteiger partial charge in [-0.05, 0) is 30.7 Å². The van der Waals surface area contributed by atoms with E-state index >= 15 is 0 Å². The van der Waals surface area contributed by atoms with E-state index in [9.17, 15) is 14.9 Å². The molecule has 23 heavy (non-hydrogen) atoms. The molecular weight excluding hydrogens is 330 g/mol. The standard InChI is InChI=1S/C16H19N3O2S2/c1-10-2-3-11-12(9-17)15(23-13(11)8-10)18-14(20)4-5-19-6-7-22-16(19)21/h10H,2-8H2,1H3,(H,18,20). The van der Waals surface area contributed by atoms with Crippen molar-refractivity contribution in [1.29, 1.82) is 5.26 Å². The number of anilines is 1. The van der Waals surface area contributed by atoms with Crippen molar-refractivity contribution in [3.8, 4) is 6.07 Å². The van der Waals surface area contributed by atoms with Crippen LogP contribution >= 0.6 is 23.1 Å². The van der Waals surface area contributed by atoms with E-state index in [0.29, 0.717) is 29.6 Å². The number of fused-ring (bicyclic) bond motifs is 1. The van der Waals surface area contributed by atoms with Gasteiger partial charge in [0.25, 0.3) is 5.24 Å². The topological polar surface area (TPSA) is 73.2 Å². The molecular formula is C16H19N3O2S2. The Kier molecular flexibility index (Phi) is 4.93. The Labute approximate surface area is 144 Å². The van der Waals surface area contributed by atoms with Gasteiger partial charge in [-0.25, -0.2) is 0 Å². The third kappa shape index (κ3) is 3.54. The highest BCUT2D eigenvalue weighted by molar-refractivity contribution is 8.13. The summed E-state index contributed by atoms with van der Waals surface area (Å²) in [5.74, 6) is 1.31. The summed E-state index contributed by atoms with van der Waals surface area (Å²) < 4.78 is 0. The lowest BCUT2D eigenvalue weighted by molar-refractivity contribution is -0.116. The summed E-state index contributed by atoms with van der Waals surface area (Å²) in [7, 11) is 0. The highest BCUT2D eigenvalue weighted by atomic mass is 32.2. The molecule has 1 N–H and O–H groups in total. The molecule has 0 spiro atoms. The summed E-state index contributed by atoms with van der Waals surface area (Å²) in [6.07, 6.45) is 3.28. The molecule has 2 aliphatic rings. The lowest BCUT2D eigenvalue weighted by atomic mass is 9.89. The third-order valence-electron chi connectivity index (χ3n) is 4.33. The predicted octanol–water partition coefficient (Wildman–Crippen LogP) is 3.24. The fourth-order valence-corrected chi connectivity index (χ4v) is 5.24. The highest BCUT2D eigenvalue weighted by Gasteiger charge is 2.25. The van der Waals surface area contributed by atoms with Crippen LogP contribution in [0.15, 0.2) is 0 Å². The minimum atomic E-state index is -0.127. The van der Waals surface area contributed by atoms with Crippen molar-refractivity contribution in [2.75, 3.05) is 24.2 Å². The van der Waals surface area contributed by atoms with Gasteiger partial charge >= 0.3 is 0 Å². The Balaban J connectivity index is 1.64. The van der Waals surface area contributed by atoms with Gasteiger partial charge in [-0.2, -0.15) is 5.26 Å². The second kappa shape index (κ2) is 6.93. The first-order valence-electron chi connectivity index (χ1n) is 7.84. The second-order valence-corrected chi connectivity index (χ2v) is 8.22. The summed E-state index contributed by atoms with van der Waals surface area (Å²) in [6.45, 7) is 3.38. The fraction of sp³-hybridized carbons (Fsp3) is 0.562.